The van der Waals surface area contributed by atoms with Gasteiger partial charge in [-0.2, -0.15) is 0 Å². The quantitative estimate of drug-likeness (QED) is 0.438. The first-order valence-corrected chi connectivity index (χ1v) is 6.22. The molecule has 0 radical (unpaired) electrons. The van der Waals surface area contributed by atoms with Crippen molar-refractivity contribution in [3.05, 3.63) is 0 Å². The van der Waals surface area contributed by atoms with Gasteiger partial charge in [0.25, 0.3) is 7.83 Å². The molecule has 0 spiro atoms. The van der Waals surface area contributed by atoms with Crippen molar-refractivity contribution in [1.82, 2.24) is 4.90 Å². The first-order chi connectivity index (χ1) is 5.84. The first kappa shape index (κ1) is 16.6. The maximum atomic E-state index is 5.52. The van der Waals surface area contributed by atoms with Crippen LogP contribution in [0.4, 0.5) is 0 Å². The summed E-state index contributed by atoms with van der Waals surface area (Å²) in [5.74, 6) is 0. The smallest absolute Gasteiger partial charge is 0.210 e. The maximum absolute atomic E-state index is 5.52. The molecule has 0 fully saturated rings. The van der Waals surface area contributed by atoms with E-state index < -0.39 is 11.6 Å². The molecule has 14 heavy (non-hydrogen) atoms. The van der Waals surface area contributed by atoms with Crippen LogP contribution in [0.15, 0.2) is 0 Å². The number of nitrogens with zero attached hydrogens (tertiary/aromatic N) is 1. The van der Waals surface area contributed by atoms with Crippen molar-refractivity contribution in [3.8, 4) is 0 Å². The topological polar surface area (TPSA) is 3.24 Å². The molecule has 0 unspecified atom stereocenters. The van der Waals surface area contributed by atoms with E-state index in [4.69, 9.17) is 104 Å². The molecule has 0 N–H and O–H groups in total. The van der Waals surface area contributed by atoms with Gasteiger partial charge in [0.15, 0.2) is 0 Å². The summed E-state index contributed by atoms with van der Waals surface area (Å²) in [6.07, 6.45) is 0. The monoisotopic (exact) mass is 379 g/mol. The van der Waals surface area contributed by atoms with E-state index in [1.807, 2.05) is 0 Å². The molecular formula is C4H2Cl9N. The zero-order valence-corrected chi connectivity index (χ0v) is 12.9. The van der Waals surface area contributed by atoms with Gasteiger partial charge in [-0.1, -0.05) is 104 Å². The van der Waals surface area contributed by atoms with Crippen LogP contribution in [0.2, 0.25) is 0 Å². The highest BCUT2D eigenvalue weighted by Crippen LogP contribution is 2.45. The second kappa shape index (κ2) is 5.48. The van der Waals surface area contributed by atoms with Crippen LogP contribution in [-0.2, 0) is 0 Å². The van der Waals surface area contributed by atoms with Gasteiger partial charge in [-0.05, 0) is 0 Å². The SMILES string of the molecule is ClC(Cl)(Cl)CN(C(Cl)(Cl)Cl)C(Cl)(Cl)Cl. The summed E-state index contributed by atoms with van der Waals surface area (Å²) in [6, 6.07) is 0. The fourth-order valence-corrected chi connectivity index (χ4v) is 2.37. The molecule has 0 aromatic heterocycles. The number of alkyl halides is 9. The molecule has 0 amide bonds. The lowest BCUT2D eigenvalue weighted by atomic mass is 10.6. The van der Waals surface area contributed by atoms with Gasteiger partial charge in [0.1, 0.15) is 0 Å². The van der Waals surface area contributed by atoms with Gasteiger partial charge in [-0.15, -0.1) is 0 Å². The van der Waals surface area contributed by atoms with Crippen molar-refractivity contribution >= 4 is 104 Å². The van der Waals surface area contributed by atoms with E-state index in [9.17, 15) is 0 Å². The number of halogens is 9. The van der Waals surface area contributed by atoms with Crippen LogP contribution in [0, 0.1) is 0 Å². The van der Waals surface area contributed by atoms with Gasteiger partial charge in [0.2, 0.25) is 3.79 Å². The summed E-state index contributed by atoms with van der Waals surface area (Å²) in [5.41, 5.74) is 0. The lowest BCUT2D eigenvalue weighted by Gasteiger charge is -2.36. The van der Waals surface area contributed by atoms with Gasteiger partial charge in [0.05, 0.1) is 6.54 Å². The van der Waals surface area contributed by atoms with Crippen LogP contribution in [0.5, 0.6) is 0 Å². The Morgan fingerprint density at radius 1 is 0.643 bits per heavy atom. The Balaban J connectivity index is 4.78. The van der Waals surface area contributed by atoms with E-state index in [1.165, 1.54) is 0 Å². The third-order valence-corrected chi connectivity index (χ3v) is 2.53. The molecule has 0 atom stereocenters. The molecule has 0 bridgehead atoms. The normalized spacial score (nSPS) is 15.0. The second-order valence-electron chi connectivity index (χ2n) is 2.14. The van der Waals surface area contributed by atoms with Crippen LogP contribution < -0.4 is 0 Å². The van der Waals surface area contributed by atoms with E-state index >= 15 is 0 Å². The van der Waals surface area contributed by atoms with Crippen LogP contribution in [0.1, 0.15) is 0 Å². The minimum absolute atomic E-state index is 0.356. The average Bonchev–Trinajstić information content (AvgIpc) is 1.75. The molecule has 1 nitrogen and oxygen atoms in total. The highest BCUT2D eigenvalue weighted by Gasteiger charge is 2.46. The van der Waals surface area contributed by atoms with E-state index in [2.05, 4.69) is 0 Å². The van der Waals surface area contributed by atoms with E-state index in [-0.39, 0.29) is 6.54 Å². The summed E-state index contributed by atoms with van der Waals surface area (Å²) in [4.78, 5) is 0.780. The fourth-order valence-electron chi connectivity index (χ4n) is 0.502. The summed E-state index contributed by atoms with van der Waals surface area (Å²) < 4.78 is -5.71. The molecule has 0 aliphatic rings. The van der Waals surface area contributed by atoms with Crippen LogP contribution in [0.25, 0.3) is 0 Å². The van der Waals surface area contributed by atoms with Crippen molar-refractivity contribution in [2.24, 2.45) is 0 Å². The van der Waals surface area contributed by atoms with Gasteiger partial charge in [-0.3, -0.25) is 0 Å². The molecule has 0 rings (SSSR count). The molecule has 0 heterocycles. The van der Waals surface area contributed by atoms with Crippen molar-refractivity contribution in [2.45, 2.75) is 11.6 Å². The molecule has 0 saturated carbocycles. The predicted octanol–water partition coefficient (Wildman–Crippen LogP) is 5.31. The molecule has 0 aliphatic heterocycles. The van der Waals surface area contributed by atoms with Crippen molar-refractivity contribution in [2.75, 3.05) is 6.54 Å². The Bertz CT molecular complexity index is 170. The molecule has 0 aromatic rings. The van der Waals surface area contributed by atoms with Crippen molar-refractivity contribution in [1.29, 1.82) is 0 Å². The molecule has 86 valence electrons. The Morgan fingerprint density at radius 3 is 1.00 bits per heavy atom. The highest BCUT2D eigenvalue weighted by atomic mass is 35.6. The van der Waals surface area contributed by atoms with Crippen LogP contribution in [-0.4, -0.2) is 23.1 Å². The summed E-state index contributed by atoms with van der Waals surface area (Å²) in [5, 5.41) is 0. The summed E-state index contributed by atoms with van der Waals surface area (Å²) in [7, 11) is 0. The molecule has 10 heteroatoms. The zero-order chi connectivity index (χ0) is 11.8. The average molecular weight is 383 g/mol. The number of rotatable bonds is 1. The van der Waals surface area contributed by atoms with E-state index in [0.717, 1.165) is 4.90 Å². The number of hydrogen-bond donors (Lipinski definition) is 0. The Morgan fingerprint density at radius 2 is 0.929 bits per heavy atom. The predicted molar refractivity (Wildman–Crippen MR) is 67.6 cm³/mol. The minimum atomic E-state index is -1.99. The third-order valence-electron chi connectivity index (χ3n) is 0.950. The van der Waals surface area contributed by atoms with Gasteiger partial charge in [0, 0.05) is 0 Å². The van der Waals surface area contributed by atoms with Gasteiger partial charge >= 0.3 is 0 Å². The van der Waals surface area contributed by atoms with Gasteiger partial charge < -0.3 is 0 Å². The van der Waals surface area contributed by atoms with E-state index in [1.54, 1.807) is 0 Å². The summed E-state index contributed by atoms with van der Waals surface area (Å²) >= 11 is 49.5. The molecular weight excluding hydrogens is 381 g/mol. The van der Waals surface area contributed by atoms with Crippen molar-refractivity contribution in [3.63, 3.8) is 0 Å². The van der Waals surface area contributed by atoms with E-state index in [0.29, 0.717) is 0 Å². The largest absolute Gasteiger partial charge is 0.251 e. The molecule has 0 aliphatic carbocycles. The minimum Gasteiger partial charge on any atom is -0.210 e. The van der Waals surface area contributed by atoms with Crippen LogP contribution >= 0.6 is 104 Å². The Kier molecular flexibility index (Phi) is 6.48. The Labute approximate surface area is 126 Å². The standard InChI is InChI=1S/C4H2Cl9N/c5-2(6,7)1-14(3(8,9)10)4(11,12)13/h1H2. The highest BCUT2D eigenvalue weighted by molar-refractivity contribution is 6.72. The van der Waals surface area contributed by atoms with Crippen molar-refractivity contribution < 1.29 is 0 Å². The fraction of sp³-hybridized carbons (Fsp3) is 1.00. The Hall–Kier alpha value is 2.57. The molecule has 0 aromatic carbocycles. The maximum Gasteiger partial charge on any atom is 0.251 e. The van der Waals surface area contributed by atoms with Gasteiger partial charge in [-0.25, -0.2) is 4.90 Å². The lowest BCUT2D eigenvalue weighted by Crippen LogP contribution is -2.48. The third kappa shape index (κ3) is 7.01. The first-order valence-electron chi connectivity index (χ1n) is 2.82. The van der Waals surface area contributed by atoms with Crippen LogP contribution in [0.3, 0.4) is 0 Å². The summed E-state index contributed by atoms with van der Waals surface area (Å²) in [6.45, 7) is -0.356. The second-order valence-corrected chi connectivity index (χ2v) is 9.10. The lowest BCUT2D eigenvalue weighted by molar-refractivity contribution is 0.281. The number of hydrogen-bond acceptors (Lipinski definition) is 1. The molecule has 0 saturated heterocycles. The zero-order valence-electron chi connectivity index (χ0n) is 6.06.